The van der Waals surface area contributed by atoms with Crippen molar-refractivity contribution in [3.8, 4) is 11.5 Å². The van der Waals surface area contributed by atoms with Gasteiger partial charge in [-0.3, -0.25) is 4.79 Å². The lowest BCUT2D eigenvalue weighted by molar-refractivity contribution is -0.149. The molecule has 0 N–H and O–H groups in total. The van der Waals surface area contributed by atoms with E-state index < -0.39 is 23.4 Å². The summed E-state index contributed by atoms with van der Waals surface area (Å²) in [6, 6.07) is 5.22. The molecule has 0 heterocycles. The van der Waals surface area contributed by atoms with Crippen LogP contribution in [-0.4, -0.2) is 40.7 Å². The minimum Gasteiger partial charge on any atom is -0.501 e. The van der Waals surface area contributed by atoms with Crippen LogP contribution in [0, 0.1) is 11.3 Å². The van der Waals surface area contributed by atoms with E-state index in [1.165, 1.54) is 28.3 Å². The van der Waals surface area contributed by atoms with Crippen molar-refractivity contribution in [2.45, 2.75) is 19.4 Å². The third kappa shape index (κ3) is 4.50. The van der Waals surface area contributed by atoms with Crippen LogP contribution < -0.4 is 9.47 Å². The largest absolute Gasteiger partial charge is 0.501 e. The first-order valence-corrected chi connectivity index (χ1v) is 9.39. The molecule has 0 spiro atoms. The summed E-state index contributed by atoms with van der Waals surface area (Å²) in [5, 5.41) is 0. The van der Waals surface area contributed by atoms with Crippen LogP contribution in [0.3, 0.4) is 0 Å². The predicted octanol–water partition coefficient (Wildman–Crippen LogP) is 3.76. The van der Waals surface area contributed by atoms with Crippen molar-refractivity contribution in [3.63, 3.8) is 0 Å². The lowest BCUT2D eigenvalue weighted by Gasteiger charge is -2.36. The molecular weight excluding hydrogens is 388 g/mol. The monoisotopic (exact) mass is 416 g/mol. The molecule has 1 aliphatic rings. The van der Waals surface area contributed by atoms with Gasteiger partial charge in [0.2, 0.25) is 0 Å². The summed E-state index contributed by atoms with van der Waals surface area (Å²) < 4.78 is 27.7. The minimum atomic E-state index is -1.04. The maximum atomic E-state index is 12.0. The van der Waals surface area contributed by atoms with Crippen LogP contribution in [-0.2, 0) is 23.8 Å². The molecule has 7 heteroatoms. The number of allylic oxidation sites excluding steroid dienone is 2. The third-order valence-electron chi connectivity index (χ3n) is 5.03. The molecule has 0 saturated carbocycles. The van der Waals surface area contributed by atoms with E-state index in [9.17, 15) is 9.59 Å². The zero-order valence-corrected chi connectivity index (χ0v) is 18.0. The van der Waals surface area contributed by atoms with Crippen LogP contribution in [0.2, 0.25) is 0 Å². The van der Waals surface area contributed by atoms with E-state index in [0.717, 1.165) is 6.29 Å². The van der Waals surface area contributed by atoms with Crippen LogP contribution in [0.4, 0.5) is 0 Å². The van der Waals surface area contributed by atoms with E-state index in [1.54, 1.807) is 43.5 Å². The molecule has 162 valence electrons. The second-order valence-electron chi connectivity index (χ2n) is 6.80. The Bertz CT molecular complexity index is 855. The average Bonchev–Trinajstić information content (AvgIpc) is 2.76. The molecule has 2 rings (SSSR count). The van der Waals surface area contributed by atoms with E-state index in [0.29, 0.717) is 35.0 Å². The first kappa shape index (κ1) is 23.1. The number of hydrogen-bond acceptors (Lipinski definition) is 7. The predicted molar refractivity (Wildman–Crippen MR) is 111 cm³/mol. The summed E-state index contributed by atoms with van der Waals surface area (Å²) in [5.41, 5.74) is -0.452. The highest BCUT2D eigenvalue weighted by molar-refractivity contribution is 5.70. The smallest absolute Gasteiger partial charge is 0.303 e. The summed E-state index contributed by atoms with van der Waals surface area (Å²) in [6.45, 7) is 5.07. The maximum absolute atomic E-state index is 12.0. The van der Waals surface area contributed by atoms with E-state index >= 15 is 0 Å². The number of benzene rings is 1. The second-order valence-corrected chi connectivity index (χ2v) is 6.80. The molecule has 0 aliphatic heterocycles. The molecule has 30 heavy (non-hydrogen) atoms. The highest BCUT2D eigenvalue weighted by Gasteiger charge is 2.42. The third-order valence-corrected chi connectivity index (χ3v) is 5.03. The molecule has 1 aromatic carbocycles. The molecule has 0 aromatic heterocycles. The molecule has 3 atom stereocenters. The van der Waals surface area contributed by atoms with E-state index in [2.05, 4.69) is 6.58 Å². The van der Waals surface area contributed by atoms with Gasteiger partial charge in [-0.1, -0.05) is 6.08 Å². The molecule has 0 amide bonds. The van der Waals surface area contributed by atoms with Crippen molar-refractivity contribution < 1.29 is 33.3 Å². The van der Waals surface area contributed by atoms with Gasteiger partial charge in [0.05, 0.1) is 34.4 Å². The molecule has 0 radical (unpaired) electrons. The number of esters is 1. The zero-order valence-electron chi connectivity index (χ0n) is 18.0. The van der Waals surface area contributed by atoms with Gasteiger partial charge < -0.3 is 28.5 Å². The first-order valence-electron chi connectivity index (χ1n) is 9.39. The van der Waals surface area contributed by atoms with Crippen molar-refractivity contribution in [2.24, 2.45) is 11.3 Å². The molecule has 0 fully saturated rings. The van der Waals surface area contributed by atoms with Crippen LogP contribution in [0.15, 0.2) is 54.5 Å². The standard InChI is InChI=1S/C23H28O7/c1-7-10-23(14-24)13-20(28-5)18(12-21(23)29-6)22(30-15(2)25)17-11-16(26-3)8-9-19(17)27-4/h7-9,11-14,18,22H,1,10H2,2-6H3/t18-,22+,23+/m1/s1. The molecule has 0 bridgehead atoms. The van der Waals surface area contributed by atoms with Gasteiger partial charge >= 0.3 is 5.97 Å². The summed E-state index contributed by atoms with van der Waals surface area (Å²) in [5.74, 6) is 0.927. The Labute approximate surface area is 176 Å². The lowest BCUT2D eigenvalue weighted by atomic mass is 9.75. The second kappa shape index (κ2) is 10.0. The fraction of sp³-hybridized carbons (Fsp3) is 0.391. The Hall–Kier alpha value is -3.22. The molecule has 1 aliphatic carbocycles. The fourth-order valence-electron chi connectivity index (χ4n) is 3.62. The number of aldehydes is 1. The van der Waals surface area contributed by atoms with E-state index in [-0.39, 0.29) is 0 Å². The van der Waals surface area contributed by atoms with Crippen molar-refractivity contribution in [1.82, 2.24) is 0 Å². The van der Waals surface area contributed by atoms with Crippen LogP contribution in [0.25, 0.3) is 0 Å². The summed E-state index contributed by atoms with van der Waals surface area (Å²) in [4.78, 5) is 24.0. The van der Waals surface area contributed by atoms with Gasteiger partial charge in [-0.15, -0.1) is 6.58 Å². The van der Waals surface area contributed by atoms with Crippen molar-refractivity contribution in [2.75, 3.05) is 28.4 Å². The number of methoxy groups -OCH3 is 4. The average molecular weight is 416 g/mol. The van der Waals surface area contributed by atoms with Crippen LogP contribution in [0.1, 0.15) is 25.0 Å². The summed E-state index contributed by atoms with van der Waals surface area (Å²) in [6.07, 6.45) is 5.39. The minimum absolute atomic E-state index is 0.330. The van der Waals surface area contributed by atoms with Crippen molar-refractivity contribution in [1.29, 1.82) is 0 Å². The number of ether oxygens (including phenoxy) is 5. The van der Waals surface area contributed by atoms with Gasteiger partial charge in [-0.25, -0.2) is 0 Å². The number of carbonyl (C=O) groups is 2. The molecule has 0 saturated heterocycles. The van der Waals surface area contributed by atoms with E-state index in [4.69, 9.17) is 23.7 Å². The van der Waals surface area contributed by atoms with Gasteiger partial charge in [0.1, 0.15) is 40.8 Å². The van der Waals surface area contributed by atoms with Crippen molar-refractivity contribution in [3.05, 3.63) is 60.1 Å². The molecule has 0 unspecified atom stereocenters. The molecule has 7 nitrogen and oxygen atoms in total. The Balaban J connectivity index is 2.69. The SMILES string of the molecule is C=CC[C@@]1(C=O)C=C(OC)[C@H]([C@@H](OC(C)=O)c2cc(OC)ccc2OC)C=C1OC. The Morgan fingerprint density at radius 2 is 1.90 bits per heavy atom. The van der Waals surface area contributed by atoms with Crippen LogP contribution >= 0.6 is 0 Å². The Kier molecular flexibility index (Phi) is 7.69. The number of hydrogen-bond donors (Lipinski definition) is 0. The van der Waals surface area contributed by atoms with Crippen molar-refractivity contribution >= 4 is 12.3 Å². The molecular formula is C23H28O7. The summed E-state index contributed by atoms with van der Waals surface area (Å²) in [7, 11) is 6.07. The topological polar surface area (TPSA) is 80.3 Å². The van der Waals surface area contributed by atoms with E-state index in [1.807, 2.05) is 0 Å². The lowest BCUT2D eigenvalue weighted by Crippen LogP contribution is -2.32. The summed E-state index contributed by atoms with van der Waals surface area (Å²) >= 11 is 0. The van der Waals surface area contributed by atoms with Gasteiger partial charge in [-0.2, -0.15) is 0 Å². The highest BCUT2D eigenvalue weighted by Crippen LogP contribution is 2.46. The van der Waals surface area contributed by atoms with Crippen LogP contribution in [0.5, 0.6) is 11.5 Å². The maximum Gasteiger partial charge on any atom is 0.303 e. The quantitative estimate of drug-likeness (QED) is 0.326. The highest BCUT2D eigenvalue weighted by atomic mass is 16.5. The molecule has 1 aromatic rings. The Morgan fingerprint density at radius 1 is 1.17 bits per heavy atom. The number of carbonyl (C=O) groups excluding carboxylic acids is 2. The fourth-order valence-corrected chi connectivity index (χ4v) is 3.62. The van der Waals surface area contributed by atoms with Gasteiger partial charge in [0.15, 0.2) is 0 Å². The normalized spacial score (nSPS) is 21.4. The Morgan fingerprint density at radius 3 is 2.40 bits per heavy atom. The number of rotatable bonds is 10. The van der Waals surface area contributed by atoms with Gasteiger partial charge in [-0.05, 0) is 36.8 Å². The first-order chi connectivity index (χ1) is 14.4. The van der Waals surface area contributed by atoms with Gasteiger partial charge in [0.25, 0.3) is 0 Å². The zero-order chi connectivity index (χ0) is 22.3. The van der Waals surface area contributed by atoms with Gasteiger partial charge in [0, 0.05) is 12.5 Å².